The minimum absolute atomic E-state index is 0.165. The second kappa shape index (κ2) is 6.00. The average molecular weight is 385 g/mol. The van der Waals surface area contributed by atoms with Crippen molar-refractivity contribution < 1.29 is 4.79 Å². The number of nitrogens with two attached hydrogens (primary N) is 1. The van der Waals surface area contributed by atoms with Crippen molar-refractivity contribution in [1.29, 1.82) is 0 Å². The van der Waals surface area contributed by atoms with Gasteiger partial charge >= 0.3 is 0 Å². The number of hydrogen-bond acceptors (Lipinski definition) is 7. The summed E-state index contributed by atoms with van der Waals surface area (Å²) in [5.74, 6) is 0.257. The van der Waals surface area contributed by atoms with E-state index in [1.165, 1.54) is 23.1 Å². The maximum Gasteiger partial charge on any atom is 0.236 e. The maximum absolute atomic E-state index is 11.9. The van der Waals surface area contributed by atoms with E-state index in [0.29, 0.717) is 10.3 Å². The van der Waals surface area contributed by atoms with Gasteiger partial charge in [-0.05, 0) is 18.2 Å². The zero-order chi connectivity index (χ0) is 14.8. The van der Waals surface area contributed by atoms with Crippen LogP contribution in [0.15, 0.2) is 27.8 Å². The number of thiazole rings is 1. The lowest BCUT2D eigenvalue weighted by molar-refractivity contribution is -0.113. The first-order valence-corrected chi connectivity index (χ1v) is 8.36. The van der Waals surface area contributed by atoms with Gasteiger partial charge in [0, 0.05) is 4.47 Å². The molecule has 0 spiro atoms. The molecule has 0 fully saturated rings. The Morgan fingerprint density at radius 3 is 3.10 bits per heavy atom. The quantitative estimate of drug-likeness (QED) is 0.596. The summed E-state index contributed by atoms with van der Waals surface area (Å²) in [5.41, 5.74) is 6.26. The van der Waals surface area contributed by atoms with Gasteiger partial charge in [-0.15, -0.1) is 5.10 Å². The first kappa shape index (κ1) is 14.3. The van der Waals surface area contributed by atoms with E-state index in [1.54, 1.807) is 0 Å². The molecule has 0 saturated carbocycles. The van der Waals surface area contributed by atoms with Crippen molar-refractivity contribution in [3.8, 4) is 0 Å². The van der Waals surface area contributed by atoms with Crippen LogP contribution in [0.4, 0.5) is 11.1 Å². The van der Waals surface area contributed by atoms with E-state index in [0.717, 1.165) is 14.7 Å². The number of hydrogen-bond donors (Lipinski definition) is 3. The van der Waals surface area contributed by atoms with E-state index in [1.807, 2.05) is 18.2 Å². The van der Waals surface area contributed by atoms with Gasteiger partial charge in [0.1, 0.15) is 0 Å². The molecule has 1 amide bonds. The summed E-state index contributed by atoms with van der Waals surface area (Å²) in [6.45, 7) is 0. The number of thioether (sulfide) groups is 1. The van der Waals surface area contributed by atoms with Crippen LogP contribution in [-0.2, 0) is 4.79 Å². The highest BCUT2D eigenvalue weighted by atomic mass is 79.9. The summed E-state index contributed by atoms with van der Waals surface area (Å²) in [7, 11) is 0. The molecule has 0 saturated heterocycles. The maximum atomic E-state index is 11.9. The lowest BCUT2D eigenvalue weighted by atomic mass is 10.3. The van der Waals surface area contributed by atoms with Gasteiger partial charge in [-0.1, -0.05) is 39.0 Å². The summed E-state index contributed by atoms with van der Waals surface area (Å²) in [5, 5.41) is 10.1. The highest BCUT2D eigenvalue weighted by Crippen LogP contribution is 2.28. The number of nitrogens with zero attached hydrogens (tertiary/aromatic N) is 3. The van der Waals surface area contributed by atoms with Crippen molar-refractivity contribution in [3.05, 3.63) is 22.7 Å². The molecule has 0 aliphatic rings. The molecular formula is C11H9BrN6OS2. The summed E-state index contributed by atoms with van der Waals surface area (Å²) < 4.78 is 1.99. The van der Waals surface area contributed by atoms with Crippen LogP contribution in [0.3, 0.4) is 0 Å². The summed E-state index contributed by atoms with van der Waals surface area (Å²) >= 11 is 6.03. The lowest BCUT2D eigenvalue weighted by Crippen LogP contribution is -2.13. The third-order valence-corrected chi connectivity index (χ3v) is 4.69. The van der Waals surface area contributed by atoms with Crippen LogP contribution in [-0.4, -0.2) is 31.8 Å². The Labute approximate surface area is 135 Å². The molecule has 7 nitrogen and oxygen atoms in total. The Kier molecular flexibility index (Phi) is 4.08. The van der Waals surface area contributed by atoms with Gasteiger partial charge in [-0.2, -0.15) is 4.98 Å². The van der Waals surface area contributed by atoms with E-state index in [2.05, 4.69) is 41.4 Å². The van der Waals surface area contributed by atoms with Crippen LogP contribution in [0, 0.1) is 0 Å². The Bertz CT molecular complexity index is 801. The highest BCUT2D eigenvalue weighted by molar-refractivity contribution is 9.10. The first-order chi connectivity index (χ1) is 10.1. The molecule has 0 unspecified atom stereocenters. The third kappa shape index (κ3) is 3.52. The Morgan fingerprint density at radius 1 is 1.48 bits per heavy atom. The minimum Gasteiger partial charge on any atom is -0.368 e. The molecule has 3 rings (SSSR count). The number of anilines is 2. The largest absolute Gasteiger partial charge is 0.368 e. The van der Waals surface area contributed by atoms with Crippen molar-refractivity contribution in [2.75, 3.05) is 16.8 Å². The van der Waals surface area contributed by atoms with E-state index in [-0.39, 0.29) is 17.6 Å². The normalized spacial score (nSPS) is 10.9. The fourth-order valence-corrected chi connectivity index (χ4v) is 3.60. The van der Waals surface area contributed by atoms with E-state index in [4.69, 9.17) is 5.73 Å². The van der Waals surface area contributed by atoms with Crippen LogP contribution >= 0.6 is 39.0 Å². The highest BCUT2D eigenvalue weighted by Gasteiger charge is 2.10. The van der Waals surface area contributed by atoms with Gasteiger partial charge in [0.15, 0.2) is 5.13 Å². The summed E-state index contributed by atoms with van der Waals surface area (Å²) in [6, 6.07) is 5.78. The molecule has 3 aromatic rings. The van der Waals surface area contributed by atoms with Gasteiger partial charge in [-0.25, -0.2) is 10.1 Å². The molecule has 10 heteroatoms. The number of H-pyrrole nitrogens is 1. The van der Waals surface area contributed by atoms with Crippen LogP contribution < -0.4 is 11.1 Å². The second-order valence-electron chi connectivity index (χ2n) is 3.97. The van der Waals surface area contributed by atoms with Crippen LogP contribution in [0.25, 0.3) is 10.2 Å². The van der Waals surface area contributed by atoms with E-state index in [9.17, 15) is 4.79 Å². The zero-order valence-electron chi connectivity index (χ0n) is 10.5. The summed E-state index contributed by atoms with van der Waals surface area (Å²) in [6.07, 6.45) is 0. The monoisotopic (exact) mass is 384 g/mol. The van der Waals surface area contributed by atoms with Gasteiger partial charge in [-0.3, -0.25) is 4.79 Å². The van der Waals surface area contributed by atoms with Gasteiger partial charge < -0.3 is 11.1 Å². The molecule has 0 radical (unpaired) electrons. The molecule has 2 aromatic heterocycles. The van der Waals surface area contributed by atoms with Crippen molar-refractivity contribution in [1.82, 2.24) is 20.2 Å². The molecular weight excluding hydrogens is 376 g/mol. The fourth-order valence-electron chi connectivity index (χ4n) is 1.56. The van der Waals surface area contributed by atoms with Gasteiger partial charge in [0.05, 0.1) is 16.0 Å². The number of carbonyl (C=O) groups is 1. The number of rotatable bonds is 4. The Morgan fingerprint density at radius 2 is 2.33 bits per heavy atom. The fraction of sp³-hybridized carbons (Fsp3) is 0.0909. The third-order valence-electron chi connectivity index (χ3n) is 2.41. The number of carbonyl (C=O) groups excluding carboxylic acids is 1. The topological polar surface area (TPSA) is 110 Å². The van der Waals surface area contributed by atoms with Crippen molar-refractivity contribution in [3.63, 3.8) is 0 Å². The SMILES string of the molecule is Nc1nc(SCC(=O)Nc2nc3ccc(Br)cc3s2)n[nH]1. The van der Waals surface area contributed by atoms with Crippen molar-refractivity contribution in [2.45, 2.75) is 5.16 Å². The number of nitrogens with one attached hydrogen (secondary N) is 2. The number of aromatic nitrogens is 4. The first-order valence-electron chi connectivity index (χ1n) is 5.77. The second-order valence-corrected chi connectivity index (χ2v) is 6.86. The standard InChI is InChI=1S/C11H9BrN6OS2/c12-5-1-2-6-7(3-5)21-10(14-6)15-8(19)4-20-11-16-9(13)17-18-11/h1-3H,4H2,(H,14,15,19)(H3,13,16,17,18). The zero-order valence-corrected chi connectivity index (χ0v) is 13.7. The number of aromatic amines is 1. The number of fused-ring (bicyclic) bond motifs is 1. The smallest absolute Gasteiger partial charge is 0.236 e. The van der Waals surface area contributed by atoms with Crippen LogP contribution in [0.2, 0.25) is 0 Å². The number of halogens is 1. The predicted molar refractivity (Wildman–Crippen MR) is 87.5 cm³/mol. The molecule has 2 heterocycles. The molecule has 1 aromatic carbocycles. The van der Waals surface area contributed by atoms with Crippen LogP contribution in [0.1, 0.15) is 0 Å². The summed E-state index contributed by atoms with van der Waals surface area (Å²) in [4.78, 5) is 20.1. The van der Waals surface area contributed by atoms with E-state index < -0.39 is 0 Å². The van der Waals surface area contributed by atoms with Gasteiger partial charge in [0.2, 0.25) is 17.0 Å². The molecule has 108 valence electrons. The minimum atomic E-state index is -0.165. The number of amides is 1. The molecule has 21 heavy (non-hydrogen) atoms. The number of benzene rings is 1. The molecule has 0 aliphatic heterocycles. The molecule has 4 N–H and O–H groups in total. The average Bonchev–Trinajstić information content (AvgIpc) is 3.01. The Balaban J connectivity index is 1.63. The van der Waals surface area contributed by atoms with Crippen molar-refractivity contribution >= 4 is 66.2 Å². The molecule has 0 aliphatic carbocycles. The Hall–Kier alpha value is -1.65. The lowest BCUT2D eigenvalue weighted by Gasteiger charge is -1.98. The molecule has 0 atom stereocenters. The molecule has 0 bridgehead atoms. The van der Waals surface area contributed by atoms with Gasteiger partial charge in [0.25, 0.3) is 0 Å². The predicted octanol–water partition coefficient (Wildman–Crippen LogP) is 2.49. The number of nitrogen functional groups attached to an aromatic ring is 1. The van der Waals surface area contributed by atoms with Crippen molar-refractivity contribution in [2.24, 2.45) is 0 Å². The van der Waals surface area contributed by atoms with E-state index >= 15 is 0 Å². The van der Waals surface area contributed by atoms with Crippen LogP contribution in [0.5, 0.6) is 0 Å².